The second-order valence-electron chi connectivity index (χ2n) is 4.27. The molecule has 0 spiro atoms. The summed E-state index contributed by atoms with van der Waals surface area (Å²) in [5, 5.41) is 0. The van der Waals surface area contributed by atoms with Gasteiger partial charge in [0.2, 0.25) is 0 Å². The minimum Gasteiger partial charge on any atom is -0.338 e. The number of rotatable bonds is 2. The third-order valence-corrected chi connectivity index (χ3v) is 3.07. The van der Waals surface area contributed by atoms with Crippen LogP contribution in [0.25, 0.3) is 0 Å². The van der Waals surface area contributed by atoms with Crippen molar-refractivity contribution in [3.8, 4) is 0 Å². The van der Waals surface area contributed by atoms with Crippen LogP contribution >= 0.6 is 0 Å². The average Bonchev–Trinajstić information content (AvgIpc) is 2.80. The molecule has 0 aromatic heterocycles. The molecule has 2 rings (SSSR count). The number of hydrogen-bond acceptors (Lipinski definition) is 2. The molecule has 1 aromatic rings. The van der Waals surface area contributed by atoms with E-state index in [2.05, 4.69) is 0 Å². The number of nitrogens with two attached hydrogens (primary N) is 1. The molecule has 0 saturated carbocycles. The van der Waals surface area contributed by atoms with Crippen LogP contribution in [0.4, 0.5) is 8.78 Å². The Balaban J connectivity index is 2.17. The summed E-state index contributed by atoms with van der Waals surface area (Å²) in [6, 6.07) is 2.91. The quantitative estimate of drug-likeness (QED) is 0.849. The van der Waals surface area contributed by atoms with E-state index in [0.717, 1.165) is 24.6 Å². The van der Waals surface area contributed by atoms with E-state index in [9.17, 15) is 13.6 Å². The molecule has 0 unspecified atom stereocenters. The van der Waals surface area contributed by atoms with Crippen molar-refractivity contribution in [2.24, 2.45) is 11.7 Å². The van der Waals surface area contributed by atoms with Gasteiger partial charge in [-0.3, -0.25) is 4.79 Å². The Morgan fingerprint density at radius 2 is 2.24 bits per heavy atom. The number of nitrogens with zero attached hydrogens (tertiary/aromatic N) is 1. The predicted molar refractivity (Wildman–Crippen MR) is 59.4 cm³/mol. The van der Waals surface area contributed by atoms with Crippen molar-refractivity contribution in [3.05, 3.63) is 35.4 Å². The Labute approximate surface area is 98.2 Å². The summed E-state index contributed by atoms with van der Waals surface area (Å²) in [4.78, 5) is 13.5. The summed E-state index contributed by atoms with van der Waals surface area (Å²) in [7, 11) is 0. The summed E-state index contributed by atoms with van der Waals surface area (Å²) < 4.78 is 26.4. The monoisotopic (exact) mass is 240 g/mol. The Morgan fingerprint density at radius 1 is 1.47 bits per heavy atom. The topological polar surface area (TPSA) is 46.3 Å². The number of amides is 1. The molecule has 1 saturated heterocycles. The fraction of sp³-hybridized carbons (Fsp3) is 0.417. The summed E-state index contributed by atoms with van der Waals surface area (Å²) in [6.45, 7) is 1.58. The van der Waals surface area contributed by atoms with Crippen LogP contribution < -0.4 is 5.73 Å². The van der Waals surface area contributed by atoms with E-state index >= 15 is 0 Å². The molecule has 3 nitrogen and oxygen atoms in total. The molecule has 1 aliphatic heterocycles. The van der Waals surface area contributed by atoms with Gasteiger partial charge in [0.15, 0.2) is 0 Å². The largest absolute Gasteiger partial charge is 0.338 e. The zero-order valence-corrected chi connectivity index (χ0v) is 9.33. The molecule has 1 atom stereocenters. The molecular formula is C12H14F2N2O. The van der Waals surface area contributed by atoms with Gasteiger partial charge in [0.25, 0.3) is 5.91 Å². The maximum atomic E-state index is 13.4. The van der Waals surface area contributed by atoms with Crippen molar-refractivity contribution in [3.63, 3.8) is 0 Å². The van der Waals surface area contributed by atoms with Crippen LogP contribution in [-0.4, -0.2) is 30.4 Å². The molecule has 1 amide bonds. The lowest BCUT2D eigenvalue weighted by molar-refractivity contribution is 0.0782. The molecule has 17 heavy (non-hydrogen) atoms. The number of benzene rings is 1. The van der Waals surface area contributed by atoms with Crippen LogP contribution in [0, 0.1) is 17.6 Å². The van der Waals surface area contributed by atoms with E-state index in [4.69, 9.17) is 5.73 Å². The summed E-state index contributed by atoms with van der Waals surface area (Å²) in [5.74, 6) is -1.49. The van der Waals surface area contributed by atoms with E-state index in [1.807, 2.05) is 0 Å². The Bertz CT molecular complexity index is 437. The van der Waals surface area contributed by atoms with Gasteiger partial charge in [0, 0.05) is 13.1 Å². The SMILES string of the molecule is NC[C@H]1CCN(C(=O)c2cc(F)ccc2F)C1. The smallest absolute Gasteiger partial charge is 0.256 e. The fourth-order valence-corrected chi connectivity index (χ4v) is 2.04. The average molecular weight is 240 g/mol. The molecular weight excluding hydrogens is 226 g/mol. The molecule has 0 radical (unpaired) electrons. The summed E-state index contributed by atoms with van der Waals surface area (Å²) in [6.07, 6.45) is 0.819. The lowest BCUT2D eigenvalue weighted by Gasteiger charge is -2.16. The highest BCUT2D eigenvalue weighted by Crippen LogP contribution is 2.19. The van der Waals surface area contributed by atoms with Crippen LogP contribution in [0.15, 0.2) is 18.2 Å². The van der Waals surface area contributed by atoms with Gasteiger partial charge in [-0.25, -0.2) is 8.78 Å². The first-order valence-electron chi connectivity index (χ1n) is 5.56. The summed E-state index contributed by atoms with van der Waals surface area (Å²) >= 11 is 0. The van der Waals surface area contributed by atoms with E-state index in [0.29, 0.717) is 19.6 Å². The molecule has 92 valence electrons. The van der Waals surface area contributed by atoms with Crippen molar-refractivity contribution in [1.29, 1.82) is 0 Å². The number of carbonyl (C=O) groups is 1. The maximum Gasteiger partial charge on any atom is 0.256 e. The first-order chi connectivity index (χ1) is 8.11. The third-order valence-electron chi connectivity index (χ3n) is 3.07. The first-order valence-corrected chi connectivity index (χ1v) is 5.56. The van der Waals surface area contributed by atoms with Crippen molar-refractivity contribution < 1.29 is 13.6 Å². The van der Waals surface area contributed by atoms with Gasteiger partial charge in [-0.1, -0.05) is 0 Å². The zero-order valence-electron chi connectivity index (χ0n) is 9.33. The second-order valence-corrected chi connectivity index (χ2v) is 4.27. The number of halogens is 2. The lowest BCUT2D eigenvalue weighted by atomic mass is 10.1. The normalized spacial score (nSPS) is 19.7. The number of hydrogen-bond donors (Lipinski definition) is 1. The van der Waals surface area contributed by atoms with Gasteiger partial charge >= 0.3 is 0 Å². The highest BCUT2D eigenvalue weighted by molar-refractivity contribution is 5.94. The van der Waals surface area contributed by atoms with Crippen molar-refractivity contribution in [2.45, 2.75) is 6.42 Å². The van der Waals surface area contributed by atoms with Gasteiger partial charge in [0.05, 0.1) is 5.56 Å². The third kappa shape index (κ3) is 2.44. The predicted octanol–water partition coefficient (Wildman–Crippen LogP) is 1.39. The van der Waals surface area contributed by atoms with Crippen molar-refractivity contribution in [1.82, 2.24) is 4.90 Å². The fourth-order valence-electron chi connectivity index (χ4n) is 2.04. The molecule has 1 heterocycles. The highest BCUT2D eigenvalue weighted by Gasteiger charge is 2.27. The Kier molecular flexibility index (Phi) is 3.38. The van der Waals surface area contributed by atoms with Crippen molar-refractivity contribution >= 4 is 5.91 Å². The van der Waals surface area contributed by atoms with Crippen LogP contribution in [0.2, 0.25) is 0 Å². The van der Waals surface area contributed by atoms with Crippen LogP contribution in [-0.2, 0) is 0 Å². The molecule has 1 aromatic carbocycles. The molecule has 2 N–H and O–H groups in total. The number of carbonyl (C=O) groups excluding carboxylic acids is 1. The van der Waals surface area contributed by atoms with E-state index < -0.39 is 17.5 Å². The van der Waals surface area contributed by atoms with Crippen LogP contribution in [0.1, 0.15) is 16.8 Å². The van der Waals surface area contributed by atoms with Crippen molar-refractivity contribution in [2.75, 3.05) is 19.6 Å². The molecule has 1 aliphatic rings. The standard InChI is InChI=1S/C12H14F2N2O/c13-9-1-2-11(14)10(5-9)12(17)16-4-3-8(6-15)7-16/h1-2,5,8H,3-4,6-7,15H2/t8-/m1/s1. The first kappa shape index (κ1) is 12.0. The van der Waals surface area contributed by atoms with Gasteiger partial charge in [-0.05, 0) is 37.1 Å². The lowest BCUT2D eigenvalue weighted by Crippen LogP contribution is -2.30. The van der Waals surface area contributed by atoms with E-state index in [1.165, 1.54) is 4.90 Å². The van der Waals surface area contributed by atoms with Crippen LogP contribution in [0.3, 0.4) is 0 Å². The minimum absolute atomic E-state index is 0.206. The molecule has 0 bridgehead atoms. The zero-order chi connectivity index (χ0) is 12.4. The molecule has 1 fully saturated rings. The maximum absolute atomic E-state index is 13.4. The van der Waals surface area contributed by atoms with Gasteiger partial charge < -0.3 is 10.6 Å². The molecule has 0 aliphatic carbocycles. The second kappa shape index (κ2) is 4.79. The van der Waals surface area contributed by atoms with E-state index in [-0.39, 0.29) is 11.5 Å². The van der Waals surface area contributed by atoms with Gasteiger partial charge in [0.1, 0.15) is 11.6 Å². The Morgan fingerprint density at radius 3 is 2.88 bits per heavy atom. The number of likely N-dealkylation sites (tertiary alicyclic amines) is 1. The molecule has 5 heteroatoms. The van der Waals surface area contributed by atoms with Gasteiger partial charge in [-0.15, -0.1) is 0 Å². The van der Waals surface area contributed by atoms with Crippen LogP contribution in [0.5, 0.6) is 0 Å². The van der Waals surface area contributed by atoms with Gasteiger partial charge in [-0.2, -0.15) is 0 Å². The highest BCUT2D eigenvalue weighted by atomic mass is 19.1. The van der Waals surface area contributed by atoms with E-state index in [1.54, 1.807) is 0 Å². The minimum atomic E-state index is -0.687. The Hall–Kier alpha value is -1.49. The summed E-state index contributed by atoms with van der Waals surface area (Å²) in [5.41, 5.74) is 5.31.